The van der Waals surface area contributed by atoms with Crippen molar-refractivity contribution in [1.29, 1.82) is 0 Å². The Morgan fingerprint density at radius 2 is 2.25 bits per heavy atom. The number of ether oxygens (including phenoxy) is 1. The molecule has 1 N–H and O–H groups in total. The van der Waals surface area contributed by atoms with E-state index in [1.54, 1.807) is 10.9 Å². The molecule has 0 amide bonds. The van der Waals surface area contributed by atoms with Crippen LogP contribution in [0.3, 0.4) is 0 Å². The predicted octanol–water partition coefficient (Wildman–Crippen LogP) is 1.93. The lowest BCUT2D eigenvalue weighted by Gasteiger charge is -2.05. The van der Waals surface area contributed by atoms with Crippen LogP contribution in [0.5, 0.6) is 11.5 Å². The molecule has 1 heterocycles. The molecule has 2 aromatic rings. The van der Waals surface area contributed by atoms with Gasteiger partial charge >= 0.3 is 0 Å². The van der Waals surface area contributed by atoms with Crippen molar-refractivity contribution in [2.24, 2.45) is 7.05 Å². The van der Waals surface area contributed by atoms with E-state index in [9.17, 15) is 0 Å². The first-order valence-electron chi connectivity index (χ1n) is 5.18. The summed E-state index contributed by atoms with van der Waals surface area (Å²) in [4.78, 5) is 0. The molecule has 0 fully saturated rings. The molecule has 0 aliphatic rings. The van der Waals surface area contributed by atoms with Crippen LogP contribution in [-0.4, -0.2) is 16.8 Å². The molecule has 4 heteroatoms. The van der Waals surface area contributed by atoms with Crippen LogP contribution in [0.15, 0.2) is 36.7 Å². The fourth-order valence-corrected chi connectivity index (χ4v) is 1.51. The SMILES string of the molecule is CNCc1cccc(Oc2cnn(C)c2)c1. The summed E-state index contributed by atoms with van der Waals surface area (Å²) in [6, 6.07) is 8.00. The standard InChI is InChI=1S/C12H15N3O/c1-13-7-10-4-3-5-11(6-10)16-12-8-14-15(2)9-12/h3-6,8-9,13H,7H2,1-2H3. The van der Waals surface area contributed by atoms with Crippen molar-refractivity contribution >= 4 is 0 Å². The van der Waals surface area contributed by atoms with Gasteiger partial charge in [-0.2, -0.15) is 5.10 Å². The third-order valence-corrected chi connectivity index (χ3v) is 2.20. The topological polar surface area (TPSA) is 39.1 Å². The third kappa shape index (κ3) is 2.61. The molecule has 1 aromatic heterocycles. The van der Waals surface area contributed by atoms with Gasteiger partial charge in [-0.3, -0.25) is 4.68 Å². The average molecular weight is 217 g/mol. The molecule has 4 nitrogen and oxygen atoms in total. The van der Waals surface area contributed by atoms with Gasteiger partial charge in [0, 0.05) is 13.6 Å². The largest absolute Gasteiger partial charge is 0.454 e. The Balaban J connectivity index is 2.12. The van der Waals surface area contributed by atoms with Crippen molar-refractivity contribution in [3.63, 3.8) is 0 Å². The van der Waals surface area contributed by atoms with Gasteiger partial charge in [-0.1, -0.05) is 12.1 Å². The maximum Gasteiger partial charge on any atom is 0.165 e. The quantitative estimate of drug-likeness (QED) is 0.850. The molecule has 0 atom stereocenters. The second-order valence-corrected chi connectivity index (χ2v) is 3.63. The molecular weight excluding hydrogens is 202 g/mol. The molecule has 0 saturated carbocycles. The van der Waals surface area contributed by atoms with Gasteiger partial charge in [-0.15, -0.1) is 0 Å². The van der Waals surface area contributed by atoms with E-state index in [0.29, 0.717) is 0 Å². The van der Waals surface area contributed by atoms with Crippen molar-refractivity contribution in [2.45, 2.75) is 6.54 Å². The molecule has 0 saturated heterocycles. The van der Waals surface area contributed by atoms with Gasteiger partial charge in [0.15, 0.2) is 5.75 Å². The van der Waals surface area contributed by atoms with E-state index in [1.165, 1.54) is 5.56 Å². The second kappa shape index (κ2) is 4.81. The number of nitrogens with one attached hydrogen (secondary N) is 1. The molecule has 0 bridgehead atoms. The van der Waals surface area contributed by atoms with Crippen LogP contribution in [0.4, 0.5) is 0 Å². The number of aryl methyl sites for hydroxylation is 1. The predicted molar refractivity (Wildman–Crippen MR) is 62.5 cm³/mol. The zero-order chi connectivity index (χ0) is 11.4. The lowest BCUT2D eigenvalue weighted by Crippen LogP contribution is -2.04. The fraction of sp³-hybridized carbons (Fsp3) is 0.250. The van der Waals surface area contributed by atoms with Crippen LogP contribution in [-0.2, 0) is 13.6 Å². The Morgan fingerprint density at radius 3 is 2.94 bits per heavy atom. The maximum atomic E-state index is 5.68. The third-order valence-electron chi connectivity index (χ3n) is 2.20. The van der Waals surface area contributed by atoms with E-state index in [-0.39, 0.29) is 0 Å². The van der Waals surface area contributed by atoms with Crippen LogP contribution in [0, 0.1) is 0 Å². The van der Waals surface area contributed by atoms with Crippen LogP contribution < -0.4 is 10.1 Å². The minimum absolute atomic E-state index is 0.754. The molecule has 16 heavy (non-hydrogen) atoms. The van der Waals surface area contributed by atoms with Crippen LogP contribution in [0.2, 0.25) is 0 Å². The number of hydrogen-bond acceptors (Lipinski definition) is 3. The summed E-state index contributed by atoms with van der Waals surface area (Å²) in [6.07, 6.45) is 3.54. The van der Waals surface area contributed by atoms with E-state index >= 15 is 0 Å². The summed E-state index contributed by atoms with van der Waals surface area (Å²) in [5.41, 5.74) is 1.20. The minimum Gasteiger partial charge on any atom is -0.454 e. The summed E-state index contributed by atoms with van der Waals surface area (Å²) < 4.78 is 7.39. The monoisotopic (exact) mass is 217 g/mol. The van der Waals surface area contributed by atoms with E-state index < -0.39 is 0 Å². The smallest absolute Gasteiger partial charge is 0.165 e. The number of benzene rings is 1. The molecule has 84 valence electrons. The van der Waals surface area contributed by atoms with E-state index in [4.69, 9.17) is 4.74 Å². The van der Waals surface area contributed by atoms with Gasteiger partial charge in [0.2, 0.25) is 0 Å². The first-order chi connectivity index (χ1) is 7.78. The Morgan fingerprint density at radius 1 is 1.38 bits per heavy atom. The summed E-state index contributed by atoms with van der Waals surface area (Å²) in [5.74, 6) is 1.59. The molecule has 0 spiro atoms. The molecule has 2 rings (SSSR count). The molecule has 1 aromatic carbocycles. The zero-order valence-corrected chi connectivity index (χ0v) is 9.47. The summed E-state index contributed by atoms with van der Waals surface area (Å²) >= 11 is 0. The van der Waals surface area contributed by atoms with E-state index in [2.05, 4.69) is 16.5 Å². The first-order valence-corrected chi connectivity index (χ1v) is 5.18. The molecule has 0 aliphatic carbocycles. The van der Waals surface area contributed by atoms with Gasteiger partial charge in [-0.05, 0) is 24.7 Å². The summed E-state index contributed by atoms with van der Waals surface area (Å²) in [7, 11) is 3.79. The van der Waals surface area contributed by atoms with Crippen molar-refractivity contribution < 1.29 is 4.74 Å². The van der Waals surface area contributed by atoms with Crippen molar-refractivity contribution in [1.82, 2.24) is 15.1 Å². The lowest BCUT2D eigenvalue weighted by atomic mass is 10.2. The van der Waals surface area contributed by atoms with E-state index in [1.807, 2.05) is 38.5 Å². The van der Waals surface area contributed by atoms with E-state index in [0.717, 1.165) is 18.0 Å². The van der Waals surface area contributed by atoms with Crippen LogP contribution in [0.25, 0.3) is 0 Å². The van der Waals surface area contributed by atoms with Crippen molar-refractivity contribution in [3.05, 3.63) is 42.2 Å². The number of rotatable bonds is 4. The van der Waals surface area contributed by atoms with Gasteiger partial charge in [-0.25, -0.2) is 0 Å². The highest BCUT2D eigenvalue weighted by Gasteiger charge is 2.00. The van der Waals surface area contributed by atoms with Crippen molar-refractivity contribution in [2.75, 3.05) is 7.05 Å². The Bertz CT molecular complexity index is 465. The van der Waals surface area contributed by atoms with Gasteiger partial charge in [0.05, 0.1) is 12.4 Å². The highest BCUT2D eigenvalue weighted by atomic mass is 16.5. The Kier molecular flexibility index (Phi) is 3.22. The van der Waals surface area contributed by atoms with Gasteiger partial charge < -0.3 is 10.1 Å². The highest BCUT2D eigenvalue weighted by molar-refractivity contribution is 5.32. The van der Waals surface area contributed by atoms with Crippen molar-refractivity contribution in [3.8, 4) is 11.5 Å². The average Bonchev–Trinajstić information content (AvgIpc) is 2.65. The second-order valence-electron chi connectivity index (χ2n) is 3.63. The zero-order valence-electron chi connectivity index (χ0n) is 9.47. The molecule has 0 aliphatic heterocycles. The van der Waals surface area contributed by atoms with Crippen LogP contribution >= 0.6 is 0 Å². The Labute approximate surface area is 94.9 Å². The first kappa shape index (κ1) is 10.7. The normalized spacial score (nSPS) is 10.4. The molecule has 0 radical (unpaired) electrons. The Hall–Kier alpha value is -1.81. The minimum atomic E-state index is 0.754. The number of nitrogens with zero attached hydrogens (tertiary/aromatic N) is 2. The van der Waals surface area contributed by atoms with Crippen LogP contribution in [0.1, 0.15) is 5.56 Å². The summed E-state index contributed by atoms with van der Waals surface area (Å²) in [6.45, 7) is 0.838. The molecule has 0 unspecified atom stereocenters. The van der Waals surface area contributed by atoms with Gasteiger partial charge in [0.25, 0.3) is 0 Å². The van der Waals surface area contributed by atoms with Gasteiger partial charge in [0.1, 0.15) is 5.75 Å². The molecular formula is C12H15N3O. The fourth-order valence-electron chi connectivity index (χ4n) is 1.51. The summed E-state index contributed by atoms with van der Waals surface area (Å²) in [5, 5.41) is 7.16. The number of aromatic nitrogens is 2. The number of hydrogen-bond donors (Lipinski definition) is 1. The highest BCUT2D eigenvalue weighted by Crippen LogP contribution is 2.21. The lowest BCUT2D eigenvalue weighted by molar-refractivity contribution is 0.481. The maximum absolute atomic E-state index is 5.68.